The summed E-state index contributed by atoms with van der Waals surface area (Å²) in [6.07, 6.45) is 0.960. The molecule has 3 nitrogen and oxygen atoms in total. The van der Waals surface area contributed by atoms with Gasteiger partial charge < -0.3 is 10.3 Å². The van der Waals surface area contributed by atoms with Crippen molar-refractivity contribution in [1.82, 2.24) is 4.57 Å². The number of rotatable bonds is 1. The molecule has 0 amide bonds. The van der Waals surface area contributed by atoms with Crippen LogP contribution in [0, 0.1) is 0 Å². The summed E-state index contributed by atoms with van der Waals surface area (Å²) in [4.78, 5) is 11.8. The quantitative estimate of drug-likeness (QED) is 0.783. The van der Waals surface area contributed by atoms with Crippen LogP contribution in [0.25, 0.3) is 10.9 Å². The monoisotopic (exact) mass is 214 g/mol. The second kappa shape index (κ2) is 3.19. The van der Waals surface area contributed by atoms with Crippen LogP contribution >= 0.6 is 0 Å². The lowest BCUT2D eigenvalue weighted by Crippen LogP contribution is -2.19. The van der Waals surface area contributed by atoms with Crippen molar-refractivity contribution in [2.45, 2.75) is 25.9 Å². The minimum absolute atomic E-state index is 0.0336. The molecule has 1 aliphatic rings. The van der Waals surface area contributed by atoms with Gasteiger partial charge in [-0.25, -0.2) is 0 Å². The third kappa shape index (κ3) is 1.09. The maximum atomic E-state index is 11.8. The molecular weight excluding hydrogens is 200 g/mol. The Labute approximate surface area is 93.5 Å². The molecule has 1 aromatic heterocycles. The molecule has 2 aromatic rings. The van der Waals surface area contributed by atoms with Gasteiger partial charge in [-0.3, -0.25) is 4.79 Å². The van der Waals surface area contributed by atoms with Gasteiger partial charge in [0, 0.05) is 12.6 Å². The summed E-state index contributed by atoms with van der Waals surface area (Å²) in [6, 6.07) is 7.67. The largest absolute Gasteiger partial charge is 0.322 e. The molecule has 1 unspecified atom stereocenters. The molecule has 3 heteroatoms. The van der Waals surface area contributed by atoms with E-state index in [-0.39, 0.29) is 11.6 Å². The lowest BCUT2D eigenvalue weighted by atomic mass is 9.98. The fraction of sp³-hybridized carbons (Fsp3) is 0.308. The van der Waals surface area contributed by atoms with E-state index in [4.69, 9.17) is 5.73 Å². The molecule has 0 saturated heterocycles. The van der Waals surface area contributed by atoms with Crippen molar-refractivity contribution >= 4 is 10.9 Å². The van der Waals surface area contributed by atoms with Crippen molar-refractivity contribution in [3.8, 4) is 0 Å². The van der Waals surface area contributed by atoms with Crippen LogP contribution < -0.4 is 11.3 Å². The highest BCUT2D eigenvalue weighted by molar-refractivity contribution is 5.85. The van der Waals surface area contributed by atoms with E-state index in [1.165, 1.54) is 5.56 Å². The van der Waals surface area contributed by atoms with Gasteiger partial charge in [0.25, 0.3) is 5.56 Å². The minimum atomic E-state index is -0.0336. The maximum absolute atomic E-state index is 11.8. The molecule has 0 spiro atoms. The van der Waals surface area contributed by atoms with Crippen LogP contribution in [0.4, 0.5) is 0 Å². The zero-order chi connectivity index (χ0) is 11.3. The van der Waals surface area contributed by atoms with Crippen molar-refractivity contribution in [2.24, 2.45) is 5.73 Å². The van der Waals surface area contributed by atoms with Crippen molar-refractivity contribution in [2.75, 3.05) is 0 Å². The summed E-state index contributed by atoms with van der Waals surface area (Å²) in [5.74, 6) is 0. The average molecular weight is 214 g/mol. The van der Waals surface area contributed by atoms with Crippen LogP contribution in [0.1, 0.15) is 24.1 Å². The number of aryl methyl sites for hydroxylation is 1. The van der Waals surface area contributed by atoms with Crippen LogP contribution in [0.2, 0.25) is 0 Å². The lowest BCUT2D eigenvalue weighted by Gasteiger charge is -2.09. The molecule has 3 rings (SSSR count). The van der Waals surface area contributed by atoms with Crippen molar-refractivity contribution in [3.05, 3.63) is 45.7 Å². The molecule has 0 aliphatic carbocycles. The number of hydrogen-bond donors (Lipinski definition) is 1. The lowest BCUT2D eigenvalue weighted by molar-refractivity contribution is 0.618. The standard InChI is InChI=1S/C13H14N2O/c1-2-8-3-4-9-5-6-11(16)15-7-10(14)12(8)13(9)15/h3-6,10H,2,7,14H2,1H3. The Morgan fingerprint density at radius 1 is 1.38 bits per heavy atom. The smallest absolute Gasteiger partial charge is 0.251 e. The molecule has 2 heterocycles. The number of nitrogens with two attached hydrogens (primary N) is 1. The predicted molar refractivity (Wildman–Crippen MR) is 64.5 cm³/mol. The van der Waals surface area contributed by atoms with Crippen LogP contribution in [-0.2, 0) is 13.0 Å². The molecule has 0 bridgehead atoms. The number of pyridine rings is 1. The van der Waals surface area contributed by atoms with Gasteiger partial charge >= 0.3 is 0 Å². The molecule has 0 fully saturated rings. The molecule has 1 aliphatic heterocycles. The number of benzene rings is 1. The second-order valence-corrected chi connectivity index (χ2v) is 4.32. The van der Waals surface area contributed by atoms with E-state index in [0.717, 1.165) is 22.9 Å². The summed E-state index contributed by atoms with van der Waals surface area (Å²) in [7, 11) is 0. The Balaban J connectivity index is 2.51. The van der Waals surface area contributed by atoms with Gasteiger partial charge in [0.15, 0.2) is 0 Å². The normalized spacial score (nSPS) is 18.2. The van der Waals surface area contributed by atoms with Crippen molar-refractivity contribution < 1.29 is 0 Å². The van der Waals surface area contributed by atoms with Gasteiger partial charge in [0.05, 0.1) is 11.6 Å². The zero-order valence-corrected chi connectivity index (χ0v) is 9.23. The molecule has 0 saturated carbocycles. The first-order valence-corrected chi connectivity index (χ1v) is 5.63. The van der Waals surface area contributed by atoms with Crippen molar-refractivity contribution in [1.29, 1.82) is 0 Å². The molecule has 0 radical (unpaired) electrons. The second-order valence-electron chi connectivity index (χ2n) is 4.32. The summed E-state index contributed by atoms with van der Waals surface area (Å²) < 4.78 is 1.80. The summed E-state index contributed by atoms with van der Waals surface area (Å²) in [6.45, 7) is 2.73. The zero-order valence-electron chi connectivity index (χ0n) is 9.23. The minimum Gasteiger partial charge on any atom is -0.322 e. The fourth-order valence-corrected chi connectivity index (χ4v) is 2.65. The van der Waals surface area contributed by atoms with Crippen molar-refractivity contribution in [3.63, 3.8) is 0 Å². The van der Waals surface area contributed by atoms with Crippen LogP contribution in [0.3, 0.4) is 0 Å². The summed E-state index contributed by atoms with van der Waals surface area (Å²) in [5, 5.41) is 1.11. The van der Waals surface area contributed by atoms with Crippen LogP contribution in [-0.4, -0.2) is 4.57 Å². The number of nitrogens with zero attached hydrogens (tertiary/aromatic N) is 1. The molecule has 1 atom stereocenters. The molecule has 82 valence electrons. The van der Waals surface area contributed by atoms with Crippen LogP contribution in [0.5, 0.6) is 0 Å². The average Bonchev–Trinajstić information content (AvgIpc) is 2.64. The first-order chi connectivity index (χ1) is 7.72. The topological polar surface area (TPSA) is 48.0 Å². The Kier molecular flexibility index (Phi) is 1.91. The van der Waals surface area contributed by atoms with Gasteiger partial charge in [-0.15, -0.1) is 0 Å². The summed E-state index contributed by atoms with van der Waals surface area (Å²) >= 11 is 0. The van der Waals surface area contributed by atoms with E-state index >= 15 is 0 Å². The third-order valence-electron chi connectivity index (χ3n) is 3.41. The van der Waals surface area contributed by atoms with Crippen LogP contribution in [0.15, 0.2) is 29.1 Å². The predicted octanol–water partition coefficient (Wildman–Crippen LogP) is 1.58. The Hall–Kier alpha value is -1.61. The van der Waals surface area contributed by atoms with E-state index in [0.29, 0.717) is 6.54 Å². The molecule has 16 heavy (non-hydrogen) atoms. The highest BCUT2D eigenvalue weighted by atomic mass is 16.1. The van der Waals surface area contributed by atoms with Gasteiger partial charge in [-0.1, -0.05) is 19.1 Å². The van der Waals surface area contributed by atoms with Gasteiger partial charge in [-0.2, -0.15) is 0 Å². The van der Waals surface area contributed by atoms with E-state index in [9.17, 15) is 4.79 Å². The van der Waals surface area contributed by atoms with E-state index in [1.54, 1.807) is 10.6 Å². The number of hydrogen-bond acceptors (Lipinski definition) is 2. The molecular formula is C13H14N2O. The number of aromatic nitrogens is 1. The van der Waals surface area contributed by atoms with Gasteiger partial charge in [0.2, 0.25) is 0 Å². The summed E-state index contributed by atoms with van der Waals surface area (Å²) in [5.41, 5.74) is 9.64. The first kappa shape index (κ1) is 9.60. The molecule has 1 aromatic carbocycles. The third-order valence-corrected chi connectivity index (χ3v) is 3.41. The highest BCUT2D eigenvalue weighted by Gasteiger charge is 2.24. The first-order valence-electron chi connectivity index (χ1n) is 5.63. The Morgan fingerprint density at radius 3 is 2.88 bits per heavy atom. The van der Waals surface area contributed by atoms with Gasteiger partial charge in [0.1, 0.15) is 0 Å². The van der Waals surface area contributed by atoms with E-state index in [2.05, 4.69) is 19.1 Å². The Morgan fingerprint density at radius 2 is 2.12 bits per heavy atom. The fourth-order valence-electron chi connectivity index (χ4n) is 2.65. The molecule has 2 N–H and O–H groups in total. The highest BCUT2D eigenvalue weighted by Crippen LogP contribution is 2.32. The SMILES string of the molecule is CCc1ccc2ccc(=O)n3c2c1C(N)C3. The maximum Gasteiger partial charge on any atom is 0.251 e. The van der Waals surface area contributed by atoms with Gasteiger partial charge in [-0.05, 0) is 29.0 Å². The Bertz CT molecular complexity index is 628. The van der Waals surface area contributed by atoms with E-state index in [1.807, 2.05) is 6.07 Å². The van der Waals surface area contributed by atoms with E-state index < -0.39 is 0 Å².